The van der Waals surface area contributed by atoms with Crippen LogP contribution in [0.15, 0.2) is 101 Å². The molecule has 4 heteroatoms. The maximum Gasteiger partial charge on any atom is 0.211 e. The lowest BCUT2D eigenvalue weighted by atomic mass is 10.1. The van der Waals surface area contributed by atoms with E-state index in [4.69, 9.17) is 0 Å². The molecule has 4 aromatic rings. The van der Waals surface area contributed by atoms with Gasteiger partial charge in [-0.15, -0.1) is 23.0 Å². The second-order valence-electron chi connectivity index (χ2n) is 6.12. The van der Waals surface area contributed by atoms with E-state index in [-0.39, 0.29) is 0 Å². The first-order valence-corrected chi connectivity index (χ1v) is 9.63. The number of hydrogen-bond acceptors (Lipinski definition) is 3. The van der Waals surface area contributed by atoms with E-state index in [1.807, 2.05) is 36.4 Å². The molecule has 0 fully saturated rings. The van der Waals surface area contributed by atoms with Crippen LogP contribution < -0.4 is 4.80 Å². The Labute approximate surface area is 162 Å². The molecule has 0 N–H and O–H groups in total. The molecular formula is C23H19N3S. The number of rotatable bonds is 5. The number of fused-ring (bicyclic) bond motifs is 1. The van der Waals surface area contributed by atoms with E-state index in [0.29, 0.717) is 6.54 Å². The van der Waals surface area contributed by atoms with E-state index in [1.165, 1.54) is 16.3 Å². The molecule has 0 radical (unpaired) electrons. The molecule has 3 nitrogen and oxygen atoms in total. The average Bonchev–Trinajstić information content (AvgIpc) is 3.11. The Bertz CT molecular complexity index is 1170. The quantitative estimate of drug-likeness (QED) is 0.253. The standard InChI is InChI=1S/C23H19N3S/c1-2-14-26-22(21-13-12-19-10-6-7-11-20(19)15-21)17-27-23(26)25-24-16-18-8-4-3-5-9-18/h2-13,15-17H,1,14H2/b24-16-,25-23-. The van der Waals surface area contributed by atoms with Crippen LogP contribution in [0.1, 0.15) is 5.56 Å². The van der Waals surface area contributed by atoms with Crippen LogP contribution in [0.5, 0.6) is 0 Å². The molecule has 1 aromatic heterocycles. The molecule has 0 bridgehead atoms. The van der Waals surface area contributed by atoms with Gasteiger partial charge in [-0.3, -0.25) is 0 Å². The Morgan fingerprint density at radius 1 is 0.926 bits per heavy atom. The maximum atomic E-state index is 4.43. The molecule has 0 unspecified atom stereocenters. The molecule has 27 heavy (non-hydrogen) atoms. The van der Waals surface area contributed by atoms with Gasteiger partial charge in [-0.1, -0.05) is 72.8 Å². The Morgan fingerprint density at radius 2 is 1.70 bits per heavy atom. The smallest absolute Gasteiger partial charge is 0.211 e. The van der Waals surface area contributed by atoms with E-state index in [9.17, 15) is 0 Å². The Hall–Kier alpha value is -3.24. The van der Waals surface area contributed by atoms with Crippen LogP contribution in [0.2, 0.25) is 0 Å². The highest BCUT2D eigenvalue weighted by Gasteiger charge is 2.07. The zero-order chi connectivity index (χ0) is 18.5. The van der Waals surface area contributed by atoms with Crippen LogP contribution in [0.25, 0.3) is 22.0 Å². The van der Waals surface area contributed by atoms with Gasteiger partial charge in [-0.25, -0.2) is 0 Å². The predicted octanol–water partition coefficient (Wildman–Crippen LogP) is 5.49. The number of benzene rings is 3. The van der Waals surface area contributed by atoms with Crippen LogP contribution >= 0.6 is 11.3 Å². The van der Waals surface area contributed by atoms with Crippen LogP contribution in [0.4, 0.5) is 0 Å². The van der Waals surface area contributed by atoms with Crippen molar-refractivity contribution < 1.29 is 0 Å². The molecule has 0 saturated carbocycles. The highest BCUT2D eigenvalue weighted by atomic mass is 32.1. The van der Waals surface area contributed by atoms with Gasteiger partial charge in [0.1, 0.15) is 0 Å². The second kappa shape index (κ2) is 7.98. The molecule has 0 aliphatic heterocycles. The zero-order valence-corrected chi connectivity index (χ0v) is 15.6. The van der Waals surface area contributed by atoms with Crippen molar-refractivity contribution in [3.63, 3.8) is 0 Å². The van der Waals surface area contributed by atoms with E-state index in [0.717, 1.165) is 16.1 Å². The summed E-state index contributed by atoms with van der Waals surface area (Å²) in [5, 5.41) is 13.3. The molecule has 0 aliphatic carbocycles. The van der Waals surface area contributed by atoms with Crippen molar-refractivity contribution in [2.24, 2.45) is 10.2 Å². The Balaban J connectivity index is 1.74. The average molecular weight is 369 g/mol. The molecular weight excluding hydrogens is 350 g/mol. The van der Waals surface area contributed by atoms with E-state index < -0.39 is 0 Å². The van der Waals surface area contributed by atoms with E-state index in [1.54, 1.807) is 17.6 Å². The summed E-state index contributed by atoms with van der Waals surface area (Å²) in [6, 6.07) is 24.9. The third-order valence-corrected chi connectivity index (χ3v) is 5.16. The number of allylic oxidation sites excluding steroid dienone is 1. The molecule has 0 atom stereocenters. The summed E-state index contributed by atoms with van der Waals surface area (Å²) in [5.74, 6) is 0. The minimum atomic E-state index is 0.686. The Kier molecular flexibility index (Phi) is 5.08. The molecule has 0 aliphatic rings. The van der Waals surface area contributed by atoms with E-state index in [2.05, 4.69) is 69.2 Å². The topological polar surface area (TPSA) is 29.6 Å². The summed E-state index contributed by atoms with van der Waals surface area (Å²) in [5.41, 5.74) is 3.32. The normalized spacial score (nSPS) is 12.1. The summed E-state index contributed by atoms with van der Waals surface area (Å²) in [6.45, 7) is 4.58. The van der Waals surface area contributed by atoms with Crippen LogP contribution in [-0.2, 0) is 6.54 Å². The fraction of sp³-hybridized carbons (Fsp3) is 0.0435. The predicted molar refractivity (Wildman–Crippen MR) is 115 cm³/mol. The lowest BCUT2D eigenvalue weighted by Gasteiger charge is -2.07. The number of hydrogen-bond donors (Lipinski definition) is 0. The van der Waals surface area contributed by atoms with Crippen LogP contribution in [-0.4, -0.2) is 10.8 Å². The third kappa shape index (κ3) is 3.81. The van der Waals surface area contributed by atoms with Crippen molar-refractivity contribution in [2.45, 2.75) is 6.54 Å². The zero-order valence-electron chi connectivity index (χ0n) is 14.8. The summed E-state index contributed by atoms with van der Waals surface area (Å²) in [7, 11) is 0. The summed E-state index contributed by atoms with van der Waals surface area (Å²) < 4.78 is 2.14. The summed E-state index contributed by atoms with van der Waals surface area (Å²) >= 11 is 1.59. The first-order chi connectivity index (χ1) is 13.3. The highest BCUT2D eigenvalue weighted by Crippen LogP contribution is 2.25. The van der Waals surface area contributed by atoms with Crippen molar-refractivity contribution in [3.8, 4) is 11.3 Å². The maximum absolute atomic E-state index is 4.43. The third-order valence-electron chi connectivity index (χ3n) is 4.30. The number of nitrogens with zero attached hydrogens (tertiary/aromatic N) is 3. The first-order valence-electron chi connectivity index (χ1n) is 8.75. The highest BCUT2D eigenvalue weighted by molar-refractivity contribution is 7.07. The number of thiazole rings is 1. The van der Waals surface area contributed by atoms with Gasteiger partial charge < -0.3 is 4.57 Å². The van der Waals surface area contributed by atoms with Gasteiger partial charge in [0.15, 0.2) is 0 Å². The van der Waals surface area contributed by atoms with Gasteiger partial charge in [0.05, 0.1) is 11.9 Å². The van der Waals surface area contributed by atoms with Crippen molar-refractivity contribution in [3.05, 3.63) is 101 Å². The summed E-state index contributed by atoms with van der Waals surface area (Å²) in [4.78, 5) is 0.852. The van der Waals surface area contributed by atoms with Gasteiger partial charge in [-0.2, -0.15) is 5.10 Å². The van der Waals surface area contributed by atoms with Gasteiger partial charge in [0, 0.05) is 11.9 Å². The van der Waals surface area contributed by atoms with Crippen molar-refractivity contribution >= 4 is 28.3 Å². The largest absolute Gasteiger partial charge is 0.311 e. The lowest BCUT2D eigenvalue weighted by molar-refractivity contribution is 0.789. The molecule has 132 valence electrons. The number of aromatic nitrogens is 1. The van der Waals surface area contributed by atoms with Crippen molar-refractivity contribution in [1.82, 2.24) is 4.57 Å². The SMILES string of the molecule is C=CCn1c(-c2ccc3ccccc3c2)cs/c1=N\N=C/c1ccccc1. The summed E-state index contributed by atoms with van der Waals surface area (Å²) in [6.07, 6.45) is 3.66. The molecule has 4 rings (SSSR count). The Morgan fingerprint density at radius 3 is 2.52 bits per heavy atom. The van der Waals surface area contributed by atoms with Gasteiger partial charge in [0.25, 0.3) is 0 Å². The molecule has 1 heterocycles. The van der Waals surface area contributed by atoms with Crippen molar-refractivity contribution in [1.29, 1.82) is 0 Å². The fourth-order valence-corrected chi connectivity index (χ4v) is 3.85. The molecule has 3 aromatic carbocycles. The van der Waals surface area contributed by atoms with Crippen molar-refractivity contribution in [2.75, 3.05) is 0 Å². The van der Waals surface area contributed by atoms with Crippen LogP contribution in [0.3, 0.4) is 0 Å². The molecule has 0 spiro atoms. The first kappa shape index (κ1) is 17.2. The minimum Gasteiger partial charge on any atom is -0.311 e. The monoisotopic (exact) mass is 369 g/mol. The van der Waals surface area contributed by atoms with E-state index >= 15 is 0 Å². The van der Waals surface area contributed by atoms with Crippen LogP contribution in [0, 0.1) is 0 Å². The van der Waals surface area contributed by atoms with Gasteiger partial charge in [0.2, 0.25) is 4.80 Å². The fourth-order valence-electron chi connectivity index (χ4n) is 2.98. The molecule has 0 saturated heterocycles. The minimum absolute atomic E-state index is 0.686. The van der Waals surface area contributed by atoms with Gasteiger partial charge in [-0.05, 0) is 28.0 Å². The second-order valence-corrected chi connectivity index (χ2v) is 6.96. The molecule has 0 amide bonds. The van der Waals surface area contributed by atoms with Gasteiger partial charge >= 0.3 is 0 Å². The lowest BCUT2D eigenvalue weighted by Crippen LogP contribution is -2.14.